The van der Waals surface area contributed by atoms with Gasteiger partial charge in [0, 0.05) is 0 Å². The highest BCUT2D eigenvalue weighted by Crippen LogP contribution is 1.70. The van der Waals surface area contributed by atoms with E-state index < -0.39 is 17.3 Å². The lowest BCUT2D eigenvalue weighted by Crippen LogP contribution is -3.12. The van der Waals surface area contributed by atoms with Crippen molar-refractivity contribution < 1.29 is 20.4 Å². The van der Waals surface area contributed by atoms with Crippen molar-refractivity contribution in [3.63, 3.8) is 0 Å². The Hall–Kier alpha value is -0.730. The highest BCUT2D eigenvalue weighted by molar-refractivity contribution is 5.73. The van der Waals surface area contributed by atoms with Crippen LogP contribution in [-0.4, -0.2) is 28.9 Å². The molecule has 10 heavy (non-hydrogen) atoms. The van der Waals surface area contributed by atoms with Crippen molar-refractivity contribution in [2.45, 2.75) is 6.04 Å². The zero-order valence-corrected chi connectivity index (χ0v) is 5.07. The van der Waals surface area contributed by atoms with Crippen LogP contribution in [0.5, 0.6) is 0 Å². The molecule has 0 aromatic carbocycles. The van der Waals surface area contributed by atoms with E-state index in [9.17, 15) is 10.0 Å². The predicted molar refractivity (Wildman–Crippen MR) is 29.7 cm³/mol. The Bertz CT molecular complexity index is 116. The molecule has 0 aliphatic carbocycles. The largest absolute Gasteiger partial charge is 0.580 e. The average molecular weight is 151 g/mol. The highest BCUT2D eigenvalue weighted by atomic mass is 16.8. The Morgan fingerprint density at radius 1 is 1.90 bits per heavy atom. The van der Waals surface area contributed by atoms with Gasteiger partial charge in [-0.05, 0) is 0 Å². The Morgan fingerprint density at radius 2 is 2.40 bits per heavy atom. The van der Waals surface area contributed by atoms with Crippen molar-refractivity contribution in [1.82, 2.24) is 5.43 Å². The Balaban J connectivity index is 3.40. The van der Waals surface area contributed by atoms with Crippen LogP contribution in [0.4, 0.5) is 0 Å². The first-order chi connectivity index (χ1) is 4.54. The first-order valence-corrected chi connectivity index (χ1v) is 2.49. The molecule has 0 radical (unpaired) electrons. The van der Waals surface area contributed by atoms with E-state index >= 15 is 0 Å². The van der Waals surface area contributed by atoms with Crippen LogP contribution in [0.3, 0.4) is 0 Å². The second-order valence-corrected chi connectivity index (χ2v) is 1.63. The van der Waals surface area contributed by atoms with Crippen LogP contribution in [0, 0.1) is 5.21 Å². The fourth-order valence-electron chi connectivity index (χ4n) is 0.285. The smallest absolute Gasteiger partial charge is 0.322 e. The van der Waals surface area contributed by atoms with Crippen molar-refractivity contribution in [2.75, 3.05) is 6.54 Å². The number of carboxylic acid groups (broad SMARTS) is 1. The number of nitrogens with two attached hydrogens (primary N) is 1. The first-order valence-electron chi connectivity index (χ1n) is 2.49. The summed E-state index contributed by atoms with van der Waals surface area (Å²) in [6, 6.07) is -1.17. The van der Waals surface area contributed by atoms with E-state index in [1.807, 2.05) is 5.43 Å². The van der Waals surface area contributed by atoms with Crippen molar-refractivity contribution in [1.29, 1.82) is 0 Å². The molecule has 0 amide bonds. The molecule has 0 aliphatic heterocycles. The molecule has 0 bridgehead atoms. The third kappa shape index (κ3) is 4.18. The minimum absolute atomic E-state index is 0.273. The molecule has 0 fully saturated rings. The average Bonchev–Trinajstić information content (AvgIpc) is 1.82. The van der Waals surface area contributed by atoms with E-state index in [0.717, 1.165) is 0 Å². The number of hydrogen-bond donors (Lipinski definition) is 5. The van der Waals surface area contributed by atoms with E-state index in [1.165, 1.54) is 0 Å². The van der Waals surface area contributed by atoms with Crippen LogP contribution in [0.25, 0.3) is 0 Å². The molecule has 0 saturated heterocycles. The molecule has 0 heterocycles. The number of rotatable bonds is 4. The van der Waals surface area contributed by atoms with Gasteiger partial charge in [-0.15, -0.1) is 5.43 Å². The summed E-state index contributed by atoms with van der Waals surface area (Å²) in [5.41, 5.74) is 6.78. The number of quaternary nitrogens is 1. The van der Waals surface area contributed by atoms with Crippen LogP contribution < -0.4 is 16.5 Å². The maximum Gasteiger partial charge on any atom is 0.322 e. The van der Waals surface area contributed by atoms with E-state index in [2.05, 4.69) is 0 Å². The van der Waals surface area contributed by atoms with Crippen molar-refractivity contribution in [3.8, 4) is 0 Å². The standard InChI is InChI=1S/C3H9N3O4/c4-2(3(7)8)1-5-6(9)10/h2,5-6,9H,1,4H2,(H,7,8). The fraction of sp³-hybridized carbons (Fsp3) is 0.667. The number of carbonyl (C=O) groups is 1. The molecule has 6 N–H and O–H groups in total. The number of hydrogen-bond acceptors (Lipinski definition) is 5. The summed E-state index contributed by atoms with van der Waals surface area (Å²) in [4.78, 5) is 9.95. The number of nitrogens with one attached hydrogen (secondary N) is 2. The van der Waals surface area contributed by atoms with Gasteiger partial charge in [-0.25, -0.2) is 0 Å². The lowest BCUT2D eigenvalue weighted by molar-refractivity contribution is -1.08. The number of aliphatic carboxylic acids is 1. The number of carboxylic acids is 1. The highest BCUT2D eigenvalue weighted by Gasteiger charge is 2.11. The van der Waals surface area contributed by atoms with Gasteiger partial charge in [0.1, 0.15) is 6.04 Å². The molecule has 60 valence electrons. The lowest BCUT2D eigenvalue weighted by Gasteiger charge is -2.13. The molecule has 7 heteroatoms. The topological polar surface area (TPSA) is 123 Å². The maximum atomic E-state index is 9.95. The summed E-state index contributed by atoms with van der Waals surface area (Å²) in [5, 5.41) is 24.6. The van der Waals surface area contributed by atoms with Gasteiger partial charge in [0.25, 0.3) is 0 Å². The first kappa shape index (κ1) is 9.27. The molecule has 2 atom stereocenters. The zero-order valence-electron chi connectivity index (χ0n) is 5.07. The summed E-state index contributed by atoms with van der Waals surface area (Å²) in [5.74, 6) is -1.23. The fourth-order valence-corrected chi connectivity index (χ4v) is 0.285. The van der Waals surface area contributed by atoms with Gasteiger partial charge >= 0.3 is 5.97 Å². The third-order valence-electron chi connectivity index (χ3n) is 0.790. The van der Waals surface area contributed by atoms with Gasteiger partial charge in [0.2, 0.25) is 0 Å². The van der Waals surface area contributed by atoms with Gasteiger partial charge in [-0.3, -0.25) is 4.79 Å². The van der Waals surface area contributed by atoms with Crippen LogP contribution in [0.2, 0.25) is 0 Å². The molecule has 0 rings (SSSR count). The summed E-state index contributed by atoms with van der Waals surface area (Å²) >= 11 is 0. The van der Waals surface area contributed by atoms with E-state index in [0.29, 0.717) is 0 Å². The van der Waals surface area contributed by atoms with Crippen LogP contribution in [0.15, 0.2) is 0 Å². The Labute approximate surface area is 56.5 Å². The maximum absolute atomic E-state index is 9.95. The zero-order chi connectivity index (χ0) is 8.15. The molecule has 0 aromatic rings. The van der Waals surface area contributed by atoms with E-state index in [-0.39, 0.29) is 6.54 Å². The summed E-state index contributed by atoms with van der Waals surface area (Å²) in [6.45, 7) is -0.273. The van der Waals surface area contributed by atoms with Gasteiger partial charge in [0.05, 0.1) is 6.54 Å². The Kier molecular flexibility index (Phi) is 3.84. The molecule has 0 aliphatic rings. The molecule has 0 spiro atoms. The predicted octanol–water partition coefficient (Wildman–Crippen LogP) is -3.33. The van der Waals surface area contributed by atoms with Crippen molar-refractivity contribution in [2.24, 2.45) is 5.73 Å². The normalized spacial score (nSPS) is 16.3. The van der Waals surface area contributed by atoms with Gasteiger partial charge in [0.15, 0.2) is 0 Å². The van der Waals surface area contributed by atoms with Gasteiger partial charge < -0.3 is 16.0 Å². The second-order valence-electron chi connectivity index (χ2n) is 1.63. The second kappa shape index (κ2) is 4.14. The molecular weight excluding hydrogens is 142 g/mol. The van der Waals surface area contributed by atoms with Crippen LogP contribution in [-0.2, 0) is 4.79 Å². The molecule has 7 nitrogen and oxygen atoms in total. The molecule has 2 unspecified atom stereocenters. The van der Waals surface area contributed by atoms with Crippen molar-refractivity contribution in [3.05, 3.63) is 5.21 Å². The van der Waals surface area contributed by atoms with E-state index in [1.54, 1.807) is 0 Å². The van der Waals surface area contributed by atoms with Gasteiger partial charge in [-0.2, -0.15) is 10.5 Å². The molecular formula is C3H9N3O4. The summed E-state index contributed by atoms with van der Waals surface area (Å²) in [7, 11) is 0. The third-order valence-corrected chi connectivity index (χ3v) is 0.790. The minimum Gasteiger partial charge on any atom is -0.580 e. The molecule has 0 saturated carbocycles. The van der Waals surface area contributed by atoms with Crippen LogP contribution in [0.1, 0.15) is 0 Å². The van der Waals surface area contributed by atoms with E-state index in [4.69, 9.17) is 16.0 Å². The molecule has 0 aromatic heterocycles. The van der Waals surface area contributed by atoms with Gasteiger partial charge in [-0.1, -0.05) is 0 Å². The SMILES string of the molecule is NC(CN[NH+]([O-])O)C(=O)O. The quantitative estimate of drug-likeness (QED) is 0.268. The van der Waals surface area contributed by atoms with Crippen LogP contribution >= 0.6 is 0 Å². The summed E-state index contributed by atoms with van der Waals surface area (Å²) in [6.07, 6.45) is 0. The Morgan fingerprint density at radius 3 is 2.70 bits per heavy atom. The monoisotopic (exact) mass is 151 g/mol. The lowest BCUT2D eigenvalue weighted by atomic mass is 10.3. The van der Waals surface area contributed by atoms with Crippen molar-refractivity contribution >= 4 is 5.97 Å². The summed E-state index contributed by atoms with van der Waals surface area (Å²) < 4.78 is 0. The minimum atomic E-state index is -1.28.